The van der Waals surface area contributed by atoms with Crippen LogP contribution in [0.1, 0.15) is 36.0 Å². The van der Waals surface area contributed by atoms with E-state index in [9.17, 15) is 24.1 Å². The van der Waals surface area contributed by atoms with Crippen LogP contribution < -0.4 is 11.1 Å². The van der Waals surface area contributed by atoms with Crippen LogP contribution >= 0.6 is 12.4 Å². The van der Waals surface area contributed by atoms with Gasteiger partial charge in [-0.15, -0.1) is 12.4 Å². The number of nitrogens with one attached hydrogen (secondary N) is 1. The van der Waals surface area contributed by atoms with Crippen molar-refractivity contribution in [3.63, 3.8) is 0 Å². The maximum atomic E-state index is 13.5. The first kappa shape index (κ1) is 21.8. The second-order valence-corrected chi connectivity index (χ2v) is 5.91. The summed E-state index contributed by atoms with van der Waals surface area (Å²) in [5.41, 5.74) is 4.62. The number of likely N-dealkylation sites (tertiary alicyclic amines) is 1. The van der Waals surface area contributed by atoms with Crippen molar-refractivity contribution in [2.75, 3.05) is 19.6 Å². The molecule has 3 N–H and O–H groups in total. The van der Waals surface area contributed by atoms with Gasteiger partial charge in [-0.3, -0.25) is 19.7 Å². The van der Waals surface area contributed by atoms with Gasteiger partial charge < -0.3 is 16.0 Å². The van der Waals surface area contributed by atoms with Gasteiger partial charge in [0, 0.05) is 38.2 Å². The maximum absolute atomic E-state index is 13.5. The average molecular weight is 389 g/mol. The predicted molar refractivity (Wildman–Crippen MR) is 95.7 cm³/mol. The van der Waals surface area contributed by atoms with Crippen LogP contribution in [0.25, 0.3) is 0 Å². The molecule has 0 radical (unpaired) electrons. The Bertz CT molecular complexity index is 674. The number of nitro groups is 1. The van der Waals surface area contributed by atoms with Crippen molar-refractivity contribution in [3.8, 4) is 0 Å². The van der Waals surface area contributed by atoms with Gasteiger partial charge in [-0.2, -0.15) is 0 Å². The van der Waals surface area contributed by atoms with Crippen molar-refractivity contribution in [3.05, 3.63) is 39.7 Å². The molecule has 144 valence electrons. The molecule has 0 spiro atoms. The molecule has 0 aromatic heterocycles. The van der Waals surface area contributed by atoms with E-state index in [1.54, 1.807) is 0 Å². The molecule has 1 aliphatic heterocycles. The van der Waals surface area contributed by atoms with Crippen molar-refractivity contribution in [2.45, 2.75) is 31.7 Å². The van der Waals surface area contributed by atoms with Crippen LogP contribution in [0.4, 0.5) is 10.1 Å². The fourth-order valence-electron chi connectivity index (χ4n) is 2.92. The minimum Gasteiger partial charge on any atom is -0.354 e. The van der Waals surface area contributed by atoms with Crippen molar-refractivity contribution in [2.24, 2.45) is 5.73 Å². The lowest BCUT2D eigenvalue weighted by atomic mass is 10.00. The number of benzene rings is 1. The zero-order chi connectivity index (χ0) is 18.4. The minimum atomic E-state index is -0.709. The highest BCUT2D eigenvalue weighted by Gasteiger charge is 2.31. The molecule has 26 heavy (non-hydrogen) atoms. The summed E-state index contributed by atoms with van der Waals surface area (Å²) in [6, 6.07) is 2.55. The molecule has 1 fully saturated rings. The van der Waals surface area contributed by atoms with Gasteiger partial charge in [0.05, 0.1) is 4.92 Å². The van der Waals surface area contributed by atoms with Crippen molar-refractivity contribution in [1.82, 2.24) is 10.2 Å². The number of halogens is 2. The molecule has 2 rings (SSSR count). The molecule has 0 bridgehead atoms. The van der Waals surface area contributed by atoms with Crippen molar-refractivity contribution in [1.29, 1.82) is 0 Å². The van der Waals surface area contributed by atoms with Gasteiger partial charge in [-0.05, 0) is 31.4 Å². The molecule has 1 aromatic carbocycles. The zero-order valence-electron chi connectivity index (χ0n) is 14.2. The highest BCUT2D eigenvalue weighted by Crippen LogP contribution is 2.25. The van der Waals surface area contributed by atoms with Gasteiger partial charge in [0.15, 0.2) is 0 Å². The molecule has 1 unspecified atom stereocenters. The molecule has 1 atom stereocenters. The third-order valence-corrected chi connectivity index (χ3v) is 4.18. The third-order valence-electron chi connectivity index (χ3n) is 4.18. The van der Waals surface area contributed by atoms with Crippen LogP contribution in [0.3, 0.4) is 0 Å². The first-order valence-electron chi connectivity index (χ1n) is 8.15. The first-order chi connectivity index (χ1) is 11.9. The summed E-state index contributed by atoms with van der Waals surface area (Å²) in [5, 5.41) is 13.8. The number of nitrogens with two attached hydrogens (primary N) is 1. The number of rotatable bonds is 6. The number of amides is 2. The number of hydrogen-bond acceptors (Lipinski definition) is 5. The highest BCUT2D eigenvalue weighted by molar-refractivity contribution is 5.98. The van der Waals surface area contributed by atoms with Gasteiger partial charge in [-0.25, -0.2) is 4.39 Å². The van der Waals surface area contributed by atoms with E-state index in [4.69, 9.17) is 5.73 Å². The smallest absolute Gasteiger partial charge is 0.282 e. The lowest BCUT2D eigenvalue weighted by Gasteiger charge is -2.35. The second kappa shape index (κ2) is 10.0. The fraction of sp³-hybridized carbons (Fsp3) is 0.500. The monoisotopic (exact) mass is 388 g/mol. The van der Waals surface area contributed by atoms with E-state index in [2.05, 4.69) is 5.32 Å². The first-order valence-corrected chi connectivity index (χ1v) is 8.15. The number of nitrogens with zero attached hydrogens (tertiary/aromatic N) is 2. The number of nitro benzene ring substituents is 1. The SMILES string of the molecule is Cl.NCCC(=O)NCC1CCCCN1C(=O)c1cc(F)ccc1[N+](=O)[O-]. The van der Waals surface area contributed by atoms with E-state index in [0.29, 0.717) is 13.0 Å². The number of piperidine rings is 1. The summed E-state index contributed by atoms with van der Waals surface area (Å²) in [7, 11) is 0. The second-order valence-electron chi connectivity index (χ2n) is 5.91. The lowest BCUT2D eigenvalue weighted by Crippen LogP contribution is -2.49. The molecular formula is C16H22ClFN4O4. The maximum Gasteiger partial charge on any atom is 0.282 e. The van der Waals surface area contributed by atoms with Crippen LogP contribution in [0.2, 0.25) is 0 Å². The Morgan fingerprint density at radius 3 is 2.77 bits per heavy atom. The number of carbonyl (C=O) groups is 2. The standard InChI is InChI=1S/C16H21FN4O4.ClH/c17-11-4-5-14(21(24)25)13(9-11)16(23)20-8-2-1-3-12(20)10-19-15(22)6-7-18;/h4-5,9,12H,1-3,6-8,10,18H2,(H,19,22);1H. The third kappa shape index (κ3) is 5.37. The van der Waals surface area contributed by atoms with Crippen LogP contribution in [0.15, 0.2) is 18.2 Å². The highest BCUT2D eigenvalue weighted by atomic mass is 35.5. The van der Waals surface area contributed by atoms with Gasteiger partial charge >= 0.3 is 0 Å². The Hall–Kier alpha value is -2.26. The van der Waals surface area contributed by atoms with Gasteiger partial charge in [-0.1, -0.05) is 0 Å². The van der Waals surface area contributed by atoms with E-state index >= 15 is 0 Å². The molecule has 1 aliphatic rings. The van der Waals surface area contributed by atoms with Crippen LogP contribution in [-0.2, 0) is 4.79 Å². The molecule has 10 heteroatoms. The van der Waals surface area contributed by atoms with Crippen LogP contribution in [0.5, 0.6) is 0 Å². The van der Waals surface area contributed by atoms with E-state index in [0.717, 1.165) is 31.0 Å². The molecule has 8 nitrogen and oxygen atoms in total. The quantitative estimate of drug-likeness (QED) is 0.567. The van der Waals surface area contributed by atoms with E-state index in [-0.39, 0.29) is 49.4 Å². The fourth-order valence-corrected chi connectivity index (χ4v) is 2.92. The Labute approximate surface area is 156 Å². The Kier molecular flexibility index (Phi) is 8.40. The summed E-state index contributed by atoms with van der Waals surface area (Å²) in [5.74, 6) is -1.51. The summed E-state index contributed by atoms with van der Waals surface area (Å²) >= 11 is 0. The number of hydrogen-bond donors (Lipinski definition) is 2. The normalized spacial score (nSPS) is 16.5. The summed E-state index contributed by atoms with van der Waals surface area (Å²) < 4.78 is 13.5. The molecular weight excluding hydrogens is 367 g/mol. The summed E-state index contributed by atoms with van der Waals surface area (Å²) in [4.78, 5) is 36.3. The number of carbonyl (C=O) groups excluding carboxylic acids is 2. The van der Waals surface area contributed by atoms with E-state index in [1.807, 2.05) is 0 Å². The zero-order valence-corrected chi connectivity index (χ0v) is 15.0. The molecule has 2 amide bonds. The molecule has 0 aliphatic carbocycles. The molecule has 0 saturated carbocycles. The van der Waals surface area contributed by atoms with Crippen LogP contribution in [-0.4, -0.2) is 47.3 Å². The average Bonchev–Trinajstić information content (AvgIpc) is 2.59. The summed E-state index contributed by atoms with van der Waals surface area (Å²) in [6.45, 7) is 0.881. The molecule has 1 aromatic rings. The topological polar surface area (TPSA) is 119 Å². The van der Waals surface area contributed by atoms with Gasteiger partial charge in [0.1, 0.15) is 11.4 Å². The van der Waals surface area contributed by atoms with E-state index in [1.165, 1.54) is 4.90 Å². The Morgan fingerprint density at radius 2 is 2.12 bits per heavy atom. The largest absolute Gasteiger partial charge is 0.354 e. The lowest BCUT2D eigenvalue weighted by molar-refractivity contribution is -0.385. The molecule has 1 saturated heterocycles. The Morgan fingerprint density at radius 1 is 1.38 bits per heavy atom. The van der Waals surface area contributed by atoms with Gasteiger partial charge in [0.25, 0.3) is 11.6 Å². The van der Waals surface area contributed by atoms with Crippen molar-refractivity contribution < 1.29 is 18.9 Å². The van der Waals surface area contributed by atoms with E-state index < -0.39 is 22.3 Å². The molecule has 1 heterocycles. The van der Waals surface area contributed by atoms with Crippen LogP contribution in [0, 0.1) is 15.9 Å². The predicted octanol–water partition coefficient (Wildman–Crippen LogP) is 1.62. The Balaban J connectivity index is 0.00000338. The minimum absolute atomic E-state index is 0. The van der Waals surface area contributed by atoms with Gasteiger partial charge in [0.2, 0.25) is 5.91 Å². The van der Waals surface area contributed by atoms with Crippen molar-refractivity contribution >= 4 is 29.9 Å². The summed E-state index contributed by atoms with van der Waals surface area (Å²) in [6.07, 6.45) is 2.49.